The molecular formula is C12H19N. The maximum atomic E-state index is 9.14. The van der Waals surface area contributed by atoms with Crippen molar-refractivity contribution in [2.75, 3.05) is 0 Å². The highest BCUT2D eigenvalue weighted by molar-refractivity contribution is 5.13. The van der Waals surface area contributed by atoms with E-state index in [2.05, 4.69) is 19.9 Å². The summed E-state index contributed by atoms with van der Waals surface area (Å²) >= 11 is 0. The van der Waals surface area contributed by atoms with Crippen LogP contribution in [0.1, 0.15) is 52.4 Å². The summed E-state index contributed by atoms with van der Waals surface area (Å²) < 4.78 is 0. The monoisotopic (exact) mass is 177 g/mol. The van der Waals surface area contributed by atoms with Crippen molar-refractivity contribution in [1.82, 2.24) is 0 Å². The van der Waals surface area contributed by atoms with E-state index in [1.807, 2.05) is 0 Å². The number of hydrogen-bond donors (Lipinski definition) is 0. The second-order valence-electron chi connectivity index (χ2n) is 5.67. The van der Waals surface area contributed by atoms with Crippen molar-refractivity contribution in [3.63, 3.8) is 0 Å². The molecule has 0 N–H and O–H groups in total. The van der Waals surface area contributed by atoms with Gasteiger partial charge in [0.2, 0.25) is 0 Å². The molecule has 0 spiro atoms. The molecule has 0 aromatic heterocycles. The minimum atomic E-state index is 0.106. The molecule has 0 amide bonds. The Hall–Kier alpha value is -0.510. The van der Waals surface area contributed by atoms with Gasteiger partial charge in [-0.25, -0.2) is 0 Å². The number of rotatable bonds is 2. The zero-order valence-corrected chi connectivity index (χ0v) is 8.77. The van der Waals surface area contributed by atoms with Gasteiger partial charge in [0.15, 0.2) is 0 Å². The molecule has 0 unspecified atom stereocenters. The largest absolute Gasteiger partial charge is 0.198 e. The average molecular weight is 177 g/mol. The molecule has 2 bridgehead atoms. The fourth-order valence-corrected chi connectivity index (χ4v) is 3.62. The predicted molar refractivity (Wildman–Crippen MR) is 53.0 cm³/mol. The van der Waals surface area contributed by atoms with E-state index in [0.29, 0.717) is 5.41 Å². The van der Waals surface area contributed by atoms with Crippen molar-refractivity contribution >= 4 is 0 Å². The zero-order chi connectivity index (χ0) is 9.53. The minimum absolute atomic E-state index is 0.106. The summed E-state index contributed by atoms with van der Waals surface area (Å²) in [7, 11) is 0. The highest BCUT2D eigenvalue weighted by Gasteiger charge is 2.54. The molecule has 1 heteroatoms. The van der Waals surface area contributed by atoms with E-state index in [9.17, 15) is 0 Å². The molecule has 2 aliphatic carbocycles. The van der Waals surface area contributed by atoms with Gasteiger partial charge in [0.05, 0.1) is 11.5 Å². The molecule has 0 atom stereocenters. The lowest BCUT2D eigenvalue weighted by molar-refractivity contribution is 0.234. The molecule has 0 aromatic carbocycles. The average Bonchev–Trinajstić information content (AvgIpc) is 2.59. The molecule has 0 aromatic rings. The third-order valence-corrected chi connectivity index (χ3v) is 4.06. The first-order chi connectivity index (χ1) is 6.10. The van der Waals surface area contributed by atoms with E-state index in [-0.39, 0.29) is 5.41 Å². The maximum Gasteiger partial charge on any atom is 0.0689 e. The third-order valence-electron chi connectivity index (χ3n) is 4.06. The third kappa shape index (κ3) is 1.37. The Morgan fingerprint density at radius 1 is 1.23 bits per heavy atom. The van der Waals surface area contributed by atoms with E-state index in [0.717, 1.165) is 5.92 Å². The van der Waals surface area contributed by atoms with E-state index in [4.69, 9.17) is 5.26 Å². The Balaban J connectivity index is 2.10. The fourth-order valence-electron chi connectivity index (χ4n) is 3.62. The summed E-state index contributed by atoms with van der Waals surface area (Å²) in [5, 5.41) is 9.14. The number of nitrogens with zero attached hydrogens (tertiary/aromatic N) is 1. The van der Waals surface area contributed by atoms with Gasteiger partial charge in [-0.05, 0) is 49.9 Å². The fraction of sp³-hybridized carbons (Fsp3) is 0.917. The molecule has 2 fully saturated rings. The van der Waals surface area contributed by atoms with Crippen LogP contribution in [0.3, 0.4) is 0 Å². The zero-order valence-electron chi connectivity index (χ0n) is 8.77. The van der Waals surface area contributed by atoms with Crippen LogP contribution in [-0.2, 0) is 0 Å². The quantitative estimate of drug-likeness (QED) is 0.633. The molecule has 1 nitrogen and oxygen atoms in total. The number of fused-ring (bicyclic) bond motifs is 2. The van der Waals surface area contributed by atoms with Crippen molar-refractivity contribution in [3.05, 3.63) is 0 Å². The summed E-state index contributed by atoms with van der Waals surface area (Å²) in [6.45, 7) is 4.61. The molecule has 2 saturated carbocycles. The molecule has 0 aliphatic heterocycles. The van der Waals surface area contributed by atoms with Crippen molar-refractivity contribution in [1.29, 1.82) is 5.26 Å². The SMILES string of the molecule is CC(C)CC12CCC(C#N)(CC1)C2. The van der Waals surface area contributed by atoms with Gasteiger partial charge in [0, 0.05) is 0 Å². The maximum absolute atomic E-state index is 9.14. The van der Waals surface area contributed by atoms with Crippen molar-refractivity contribution in [2.24, 2.45) is 16.7 Å². The summed E-state index contributed by atoms with van der Waals surface area (Å²) in [5.74, 6) is 0.799. The van der Waals surface area contributed by atoms with E-state index < -0.39 is 0 Å². The highest BCUT2D eigenvalue weighted by atomic mass is 14.6. The van der Waals surface area contributed by atoms with Crippen molar-refractivity contribution < 1.29 is 0 Å². The van der Waals surface area contributed by atoms with E-state index in [1.165, 1.54) is 38.5 Å². The van der Waals surface area contributed by atoms with Crippen LogP contribution in [0.2, 0.25) is 0 Å². The summed E-state index contributed by atoms with van der Waals surface area (Å²) in [6, 6.07) is 2.57. The van der Waals surface area contributed by atoms with Crippen molar-refractivity contribution in [2.45, 2.75) is 52.4 Å². The molecule has 13 heavy (non-hydrogen) atoms. The lowest BCUT2D eigenvalue weighted by Crippen LogP contribution is -2.16. The van der Waals surface area contributed by atoms with Gasteiger partial charge in [-0.15, -0.1) is 0 Å². The molecule has 0 heterocycles. The van der Waals surface area contributed by atoms with Gasteiger partial charge in [-0.3, -0.25) is 0 Å². The lowest BCUT2D eigenvalue weighted by Gasteiger charge is -2.28. The van der Waals surface area contributed by atoms with Crippen LogP contribution in [-0.4, -0.2) is 0 Å². The Kier molecular flexibility index (Phi) is 1.91. The predicted octanol–water partition coefficient (Wildman–Crippen LogP) is 3.51. The van der Waals surface area contributed by atoms with Gasteiger partial charge < -0.3 is 0 Å². The second kappa shape index (κ2) is 2.74. The molecule has 72 valence electrons. The normalized spacial score (nSPS) is 42.6. The second-order valence-corrected chi connectivity index (χ2v) is 5.67. The minimum Gasteiger partial charge on any atom is -0.198 e. The molecule has 0 radical (unpaired) electrons. The molecule has 2 rings (SSSR count). The van der Waals surface area contributed by atoms with Gasteiger partial charge in [-0.2, -0.15) is 5.26 Å². The van der Waals surface area contributed by atoms with Crippen LogP contribution in [0.25, 0.3) is 0 Å². The smallest absolute Gasteiger partial charge is 0.0689 e. The Labute approximate surface area is 81.1 Å². The van der Waals surface area contributed by atoms with Crippen molar-refractivity contribution in [3.8, 4) is 6.07 Å². The molecular weight excluding hydrogens is 158 g/mol. The van der Waals surface area contributed by atoms with Crippen LogP contribution in [0.5, 0.6) is 0 Å². The van der Waals surface area contributed by atoms with Gasteiger partial charge in [0.1, 0.15) is 0 Å². The summed E-state index contributed by atoms with van der Waals surface area (Å²) in [4.78, 5) is 0. The van der Waals surface area contributed by atoms with E-state index >= 15 is 0 Å². The first-order valence-electron chi connectivity index (χ1n) is 5.51. The van der Waals surface area contributed by atoms with Crippen LogP contribution in [0.15, 0.2) is 0 Å². The van der Waals surface area contributed by atoms with Gasteiger partial charge >= 0.3 is 0 Å². The molecule has 2 aliphatic rings. The summed E-state index contributed by atoms with van der Waals surface area (Å²) in [6.07, 6.45) is 7.54. The van der Waals surface area contributed by atoms with Crippen LogP contribution >= 0.6 is 0 Å². The number of hydrogen-bond acceptors (Lipinski definition) is 1. The van der Waals surface area contributed by atoms with Gasteiger partial charge in [-0.1, -0.05) is 13.8 Å². The van der Waals surface area contributed by atoms with Crippen LogP contribution < -0.4 is 0 Å². The highest BCUT2D eigenvalue weighted by Crippen LogP contribution is 2.63. The Bertz CT molecular complexity index is 238. The van der Waals surface area contributed by atoms with Crippen LogP contribution in [0, 0.1) is 28.1 Å². The standard InChI is InChI=1S/C12H19N/c1-10(2)7-11-3-5-12(8-11,9-13)6-4-11/h10H,3-8H2,1-2H3. The van der Waals surface area contributed by atoms with Crippen LogP contribution in [0.4, 0.5) is 0 Å². The Morgan fingerprint density at radius 3 is 2.23 bits per heavy atom. The Morgan fingerprint density at radius 2 is 1.85 bits per heavy atom. The molecule has 0 saturated heterocycles. The topological polar surface area (TPSA) is 23.8 Å². The number of nitriles is 1. The van der Waals surface area contributed by atoms with Gasteiger partial charge in [0.25, 0.3) is 0 Å². The first-order valence-corrected chi connectivity index (χ1v) is 5.51. The van der Waals surface area contributed by atoms with E-state index in [1.54, 1.807) is 0 Å². The summed E-state index contributed by atoms with van der Waals surface area (Å²) in [5.41, 5.74) is 0.679. The lowest BCUT2D eigenvalue weighted by atomic mass is 9.77. The first kappa shape index (κ1) is 9.06.